The van der Waals surface area contributed by atoms with Crippen LogP contribution >= 0.6 is 0 Å². The van der Waals surface area contributed by atoms with Crippen molar-refractivity contribution in [2.24, 2.45) is 0 Å². The molecular weight excluding hydrogens is 368 g/mol. The van der Waals surface area contributed by atoms with Crippen LogP contribution in [0, 0.1) is 0 Å². The molecule has 0 unspecified atom stereocenters. The Morgan fingerprint density at radius 2 is 1.13 bits per heavy atom. The zero-order valence-electron chi connectivity index (χ0n) is 16.6. The quantitative estimate of drug-likeness (QED) is 0.406. The molecule has 0 aliphatic rings. The Morgan fingerprint density at radius 3 is 1.90 bits per heavy atom. The van der Waals surface area contributed by atoms with Gasteiger partial charge in [0.2, 0.25) is 5.95 Å². The van der Waals surface area contributed by atoms with Gasteiger partial charge in [-0.1, -0.05) is 84.9 Å². The third-order valence-corrected chi connectivity index (χ3v) is 5.09. The van der Waals surface area contributed by atoms with Crippen LogP contribution in [0.1, 0.15) is 0 Å². The Morgan fingerprint density at radius 1 is 0.500 bits per heavy atom. The van der Waals surface area contributed by atoms with Gasteiger partial charge in [-0.3, -0.25) is 0 Å². The van der Waals surface area contributed by atoms with Crippen LogP contribution in [0.4, 0.5) is 5.95 Å². The summed E-state index contributed by atoms with van der Waals surface area (Å²) in [6.07, 6.45) is 0. The molecule has 1 aromatic heterocycles. The molecule has 4 aromatic carbocycles. The van der Waals surface area contributed by atoms with E-state index in [2.05, 4.69) is 69.9 Å². The van der Waals surface area contributed by atoms with Gasteiger partial charge in [0.25, 0.3) is 0 Å². The van der Waals surface area contributed by atoms with E-state index in [-0.39, 0.29) is 0 Å². The fraction of sp³-hybridized carbons (Fsp3) is 0.0385. The number of benzene rings is 4. The molecule has 144 valence electrons. The van der Waals surface area contributed by atoms with E-state index in [1.54, 1.807) is 0 Å². The predicted molar refractivity (Wildman–Crippen MR) is 123 cm³/mol. The fourth-order valence-corrected chi connectivity index (χ4v) is 3.54. The first-order valence-electron chi connectivity index (χ1n) is 9.89. The van der Waals surface area contributed by atoms with Crippen molar-refractivity contribution in [2.45, 2.75) is 0 Å². The van der Waals surface area contributed by atoms with Crippen LogP contribution in [0.15, 0.2) is 97.1 Å². The summed E-state index contributed by atoms with van der Waals surface area (Å²) in [6.45, 7) is 0. The first-order chi connectivity index (χ1) is 14.8. The van der Waals surface area contributed by atoms with Gasteiger partial charge in [-0.15, -0.1) is 0 Å². The van der Waals surface area contributed by atoms with Crippen molar-refractivity contribution in [1.29, 1.82) is 0 Å². The average molecular weight is 388 g/mol. The number of fused-ring (bicyclic) bond motifs is 1. The lowest BCUT2D eigenvalue weighted by Crippen LogP contribution is -2.03. The summed E-state index contributed by atoms with van der Waals surface area (Å²) < 4.78 is 0. The van der Waals surface area contributed by atoms with Gasteiger partial charge in [0.15, 0.2) is 11.6 Å². The lowest BCUT2D eigenvalue weighted by molar-refractivity contribution is 1.06. The van der Waals surface area contributed by atoms with E-state index in [1.165, 1.54) is 5.39 Å². The van der Waals surface area contributed by atoms with Crippen LogP contribution < -0.4 is 5.32 Å². The van der Waals surface area contributed by atoms with E-state index in [0.717, 1.165) is 27.6 Å². The highest BCUT2D eigenvalue weighted by Gasteiger charge is 2.11. The van der Waals surface area contributed by atoms with E-state index in [0.29, 0.717) is 17.6 Å². The van der Waals surface area contributed by atoms with Gasteiger partial charge in [-0.25, -0.2) is 4.98 Å². The molecule has 1 N–H and O–H groups in total. The van der Waals surface area contributed by atoms with Crippen molar-refractivity contribution < 1.29 is 0 Å². The molecule has 0 bridgehead atoms. The van der Waals surface area contributed by atoms with Gasteiger partial charge in [0.1, 0.15) is 0 Å². The molecule has 0 atom stereocenters. The van der Waals surface area contributed by atoms with Crippen LogP contribution in [-0.4, -0.2) is 22.0 Å². The second-order valence-electron chi connectivity index (χ2n) is 7.06. The summed E-state index contributed by atoms with van der Waals surface area (Å²) in [5.41, 5.74) is 4.22. The molecule has 0 aliphatic heterocycles. The van der Waals surface area contributed by atoms with E-state index in [1.807, 2.05) is 49.5 Å². The summed E-state index contributed by atoms with van der Waals surface area (Å²) in [4.78, 5) is 14.0. The van der Waals surface area contributed by atoms with E-state index >= 15 is 0 Å². The number of hydrogen-bond donors (Lipinski definition) is 1. The summed E-state index contributed by atoms with van der Waals surface area (Å²) >= 11 is 0. The normalized spacial score (nSPS) is 10.8. The van der Waals surface area contributed by atoms with Crippen molar-refractivity contribution in [1.82, 2.24) is 15.0 Å². The van der Waals surface area contributed by atoms with Crippen LogP contribution in [0.3, 0.4) is 0 Å². The minimum atomic E-state index is 0.549. The maximum atomic E-state index is 4.80. The number of rotatable bonds is 4. The Kier molecular flexibility index (Phi) is 4.66. The molecule has 0 saturated carbocycles. The van der Waals surface area contributed by atoms with Gasteiger partial charge in [0.05, 0.1) is 0 Å². The van der Waals surface area contributed by atoms with Crippen LogP contribution in [-0.2, 0) is 0 Å². The number of anilines is 1. The van der Waals surface area contributed by atoms with Gasteiger partial charge < -0.3 is 5.32 Å². The number of nitrogens with one attached hydrogen (secondary N) is 1. The lowest BCUT2D eigenvalue weighted by Gasteiger charge is -2.09. The molecule has 5 aromatic rings. The van der Waals surface area contributed by atoms with E-state index in [4.69, 9.17) is 4.98 Å². The zero-order valence-corrected chi connectivity index (χ0v) is 16.6. The molecular formula is C26H20N4. The summed E-state index contributed by atoms with van der Waals surface area (Å²) in [5, 5.41) is 5.42. The average Bonchev–Trinajstić information content (AvgIpc) is 2.84. The number of hydrogen-bond acceptors (Lipinski definition) is 4. The Labute approximate surface area is 175 Å². The van der Waals surface area contributed by atoms with Gasteiger partial charge in [-0.2, -0.15) is 9.97 Å². The lowest BCUT2D eigenvalue weighted by atomic mass is 10.0. The number of aromatic nitrogens is 3. The second kappa shape index (κ2) is 7.76. The fourth-order valence-electron chi connectivity index (χ4n) is 3.54. The molecule has 5 rings (SSSR count). The molecule has 0 fully saturated rings. The monoisotopic (exact) mass is 388 g/mol. The molecule has 0 radical (unpaired) electrons. The van der Waals surface area contributed by atoms with Gasteiger partial charge in [-0.05, 0) is 34.0 Å². The van der Waals surface area contributed by atoms with Crippen molar-refractivity contribution in [3.63, 3.8) is 0 Å². The molecule has 4 nitrogen and oxygen atoms in total. The van der Waals surface area contributed by atoms with Crippen molar-refractivity contribution in [3.05, 3.63) is 97.1 Å². The molecule has 4 heteroatoms. The molecule has 0 aliphatic carbocycles. The number of nitrogens with zero attached hydrogens (tertiary/aromatic N) is 3. The smallest absolute Gasteiger partial charge is 0.226 e. The van der Waals surface area contributed by atoms with Crippen molar-refractivity contribution >= 4 is 16.7 Å². The zero-order chi connectivity index (χ0) is 20.3. The third kappa shape index (κ3) is 3.51. The molecule has 1 heterocycles. The summed E-state index contributed by atoms with van der Waals surface area (Å²) in [7, 11) is 1.82. The van der Waals surface area contributed by atoms with Crippen LogP contribution in [0.5, 0.6) is 0 Å². The SMILES string of the molecule is CNc1nc(-c2cccc(-c3ccccc3)c2)nc(-c2ccc3ccccc3c2)n1. The largest absolute Gasteiger partial charge is 0.357 e. The molecule has 30 heavy (non-hydrogen) atoms. The maximum absolute atomic E-state index is 4.80. The Hall–Kier alpha value is -4.05. The molecule has 0 amide bonds. The van der Waals surface area contributed by atoms with E-state index in [9.17, 15) is 0 Å². The summed E-state index contributed by atoms with van der Waals surface area (Å²) in [6, 6.07) is 33.2. The second-order valence-corrected chi connectivity index (χ2v) is 7.06. The topological polar surface area (TPSA) is 50.7 Å². The predicted octanol–water partition coefficient (Wildman–Crippen LogP) is 6.07. The van der Waals surface area contributed by atoms with Crippen LogP contribution in [0.2, 0.25) is 0 Å². The first-order valence-corrected chi connectivity index (χ1v) is 9.89. The van der Waals surface area contributed by atoms with E-state index < -0.39 is 0 Å². The Bertz CT molecular complexity index is 1330. The highest BCUT2D eigenvalue weighted by atomic mass is 15.1. The molecule has 0 spiro atoms. The van der Waals surface area contributed by atoms with Gasteiger partial charge in [0, 0.05) is 18.2 Å². The van der Waals surface area contributed by atoms with Crippen molar-refractivity contribution in [2.75, 3.05) is 12.4 Å². The minimum absolute atomic E-state index is 0.549. The molecule has 0 saturated heterocycles. The maximum Gasteiger partial charge on any atom is 0.226 e. The minimum Gasteiger partial charge on any atom is -0.357 e. The van der Waals surface area contributed by atoms with Crippen LogP contribution in [0.25, 0.3) is 44.7 Å². The standard InChI is InChI=1S/C26H20N4/c1-27-26-29-24(22-13-7-12-21(16-22)18-8-3-2-4-9-18)28-25(30-26)23-15-14-19-10-5-6-11-20(19)17-23/h2-17H,1H3,(H,27,28,29,30). The first kappa shape index (κ1) is 18.0. The van der Waals surface area contributed by atoms with Gasteiger partial charge >= 0.3 is 0 Å². The van der Waals surface area contributed by atoms with Crippen molar-refractivity contribution in [3.8, 4) is 33.9 Å². The third-order valence-electron chi connectivity index (χ3n) is 5.09. The summed E-state index contributed by atoms with van der Waals surface area (Å²) in [5.74, 6) is 1.85. The highest BCUT2D eigenvalue weighted by Crippen LogP contribution is 2.27. The Balaban J connectivity index is 1.61. The highest BCUT2D eigenvalue weighted by molar-refractivity contribution is 5.86.